The Morgan fingerprint density at radius 1 is 1.23 bits per heavy atom. The molecule has 1 aromatic carbocycles. The second kappa shape index (κ2) is 13.4. The number of fused-ring (bicyclic) bond motifs is 1. The molecule has 48 heavy (non-hydrogen) atoms. The van der Waals surface area contributed by atoms with E-state index in [1.807, 2.05) is 18.7 Å². The van der Waals surface area contributed by atoms with Crippen molar-refractivity contribution in [1.82, 2.24) is 24.0 Å². The lowest BCUT2D eigenvalue weighted by Crippen LogP contribution is -2.44. The van der Waals surface area contributed by atoms with Gasteiger partial charge in [-0.25, -0.2) is 14.4 Å². The summed E-state index contributed by atoms with van der Waals surface area (Å²) in [6, 6.07) is 3.25. The van der Waals surface area contributed by atoms with Crippen LogP contribution in [-0.4, -0.2) is 79.3 Å². The molecule has 2 atom stereocenters. The van der Waals surface area contributed by atoms with Gasteiger partial charge in [0.05, 0.1) is 40.7 Å². The molecule has 5 rings (SSSR count). The van der Waals surface area contributed by atoms with Crippen molar-refractivity contribution in [3.8, 4) is 16.9 Å². The third-order valence-corrected chi connectivity index (χ3v) is 8.56. The number of amides is 2. The van der Waals surface area contributed by atoms with E-state index < -0.39 is 47.2 Å². The minimum absolute atomic E-state index is 0.0249. The van der Waals surface area contributed by atoms with E-state index in [-0.39, 0.29) is 57.9 Å². The number of primary amides is 1. The third-order valence-electron chi connectivity index (χ3n) is 8.26. The summed E-state index contributed by atoms with van der Waals surface area (Å²) in [5, 5.41) is 12.8. The molecule has 0 saturated carbocycles. The predicted octanol–water partition coefficient (Wildman–Crippen LogP) is 4.13. The number of pyridine rings is 1. The SMILES string of the molecule is CCN(C[C@H]1C[C@H](C)CN1CC(F)(F)F)c1cc(NC(=O)Cn2cc(-c3cc(F)c(O)c(C(N)=O)c3)c3c(=O)n(C)cnc32)c(Cl)cn1. The van der Waals surface area contributed by atoms with Gasteiger partial charge in [0.1, 0.15) is 18.0 Å². The van der Waals surface area contributed by atoms with Crippen LogP contribution in [0.2, 0.25) is 5.02 Å². The standard InChI is InChI=1S/C31H33ClF4N8O4/c1-4-42(11-18-5-16(2)10-44(18)14-31(34,35)36)24-8-23(21(32)9-38-24)40-25(45)13-43-12-20(26-29(43)39-15-41(3)30(26)48)17-6-19(28(37)47)27(46)22(33)7-17/h6-9,12,15-16,18,46H,4-5,10-11,13-14H2,1-3H3,(H2,37,47)(H,38,40,45)/t16-,18+/m0/s1. The fraction of sp³-hybridized carbons (Fsp3) is 0.387. The van der Waals surface area contributed by atoms with Crippen molar-refractivity contribution in [3.63, 3.8) is 0 Å². The minimum atomic E-state index is -4.32. The zero-order valence-corrected chi connectivity index (χ0v) is 26.9. The molecule has 4 N–H and O–H groups in total. The van der Waals surface area contributed by atoms with Crippen molar-refractivity contribution in [2.24, 2.45) is 18.7 Å². The zero-order chi connectivity index (χ0) is 35.1. The Balaban J connectivity index is 1.41. The van der Waals surface area contributed by atoms with Gasteiger partial charge < -0.3 is 30.2 Å². The first-order chi connectivity index (χ1) is 22.6. The normalized spacial score (nSPS) is 16.8. The Bertz CT molecular complexity index is 1950. The van der Waals surface area contributed by atoms with Crippen molar-refractivity contribution in [2.45, 2.75) is 39.0 Å². The lowest BCUT2D eigenvalue weighted by Gasteiger charge is -2.31. The quantitative estimate of drug-likeness (QED) is 0.210. The highest BCUT2D eigenvalue weighted by atomic mass is 35.5. The Kier molecular flexibility index (Phi) is 9.69. The molecule has 0 bridgehead atoms. The number of benzene rings is 1. The molecule has 3 aromatic heterocycles. The molecule has 0 unspecified atom stereocenters. The zero-order valence-electron chi connectivity index (χ0n) is 26.2. The Labute approximate surface area is 276 Å². The second-order valence-corrected chi connectivity index (χ2v) is 12.3. The fourth-order valence-electron chi connectivity index (χ4n) is 6.08. The van der Waals surface area contributed by atoms with E-state index in [0.29, 0.717) is 25.3 Å². The average molecular weight is 693 g/mol. The summed E-state index contributed by atoms with van der Waals surface area (Å²) in [6.07, 6.45) is 0.249. The summed E-state index contributed by atoms with van der Waals surface area (Å²) in [7, 11) is 1.46. The number of nitrogens with two attached hydrogens (primary N) is 1. The van der Waals surface area contributed by atoms with Gasteiger partial charge in [-0.15, -0.1) is 0 Å². The highest BCUT2D eigenvalue weighted by Gasteiger charge is 2.39. The summed E-state index contributed by atoms with van der Waals surface area (Å²) in [6.45, 7) is 3.44. The van der Waals surface area contributed by atoms with E-state index in [1.165, 1.54) is 45.9 Å². The molecule has 0 radical (unpaired) electrons. The van der Waals surface area contributed by atoms with Gasteiger partial charge in [0, 0.05) is 50.6 Å². The number of anilines is 2. The number of rotatable bonds is 10. The predicted molar refractivity (Wildman–Crippen MR) is 172 cm³/mol. The maximum atomic E-state index is 14.6. The van der Waals surface area contributed by atoms with Gasteiger partial charge in [0.25, 0.3) is 11.5 Å². The van der Waals surface area contributed by atoms with Crippen molar-refractivity contribution < 1.29 is 32.3 Å². The molecule has 2 amide bonds. The van der Waals surface area contributed by atoms with Gasteiger partial charge in [-0.2, -0.15) is 13.2 Å². The lowest BCUT2D eigenvalue weighted by molar-refractivity contribution is -0.147. The minimum Gasteiger partial charge on any atom is -0.504 e. The molecule has 0 spiro atoms. The van der Waals surface area contributed by atoms with Crippen LogP contribution < -0.4 is 21.5 Å². The van der Waals surface area contributed by atoms with Gasteiger partial charge >= 0.3 is 6.18 Å². The molecular formula is C31H33ClF4N8O4. The summed E-state index contributed by atoms with van der Waals surface area (Å²) in [5.41, 5.74) is 4.75. The number of aromatic hydroxyl groups is 1. The number of likely N-dealkylation sites (N-methyl/N-ethyl adjacent to an activating group) is 1. The summed E-state index contributed by atoms with van der Waals surface area (Å²) in [5.74, 6) is -3.25. The van der Waals surface area contributed by atoms with E-state index in [2.05, 4.69) is 15.3 Å². The number of aromatic nitrogens is 4. The second-order valence-electron chi connectivity index (χ2n) is 11.9. The number of carbonyl (C=O) groups excluding carboxylic acids is 2. The topological polar surface area (TPSA) is 152 Å². The first-order valence-corrected chi connectivity index (χ1v) is 15.3. The van der Waals surface area contributed by atoms with E-state index in [9.17, 15) is 37.1 Å². The number of halogens is 5. The van der Waals surface area contributed by atoms with Crippen LogP contribution in [0.25, 0.3) is 22.2 Å². The number of carbonyl (C=O) groups is 2. The van der Waals surface area contributed by atoms with E-state index >= 15 is 0 Å². The number of hydrogen-bond donors (Lipinski definition) is 3. The average Bonchev–Trinajstić information content (AvgIpc) is 3.54. The highest BCUT2D eigenvalue weighted by molar-refractivity contribution is 6.33. The maximum absolute atomic E-state index is 14.6. The molecule has 4 heterocycles. The van der Waals surface area contributed by atoms with Crippen molar-refractivity contribution >= 4 is 46.0 Å². The van der Waals surface area contributed by atoms with Crippen LogP contribution in [0.1, 0.15) is 30.6 Å². The van der Waals surface area contributed by atoms with Gasteiger partial charge in [-0.05, 0) is 37.0 Å². The molecule has 256 valence electrons. The first kappa shape index (κ1) is 34.6. The summed E-state index contributed by atoms with van der Waals surface area (Å²) >= 11 is 6.38. The fourth-order valence-corrected chi connectivity index (χ4v) is 6.23. The number of phenols is 1. The van der Waals surface area contributed by atoms with Crippen LogP contribution in [0, 0.1) is 11.7 Å². The van der Waals surface area contributed by atoms with Crippen LogP contribution >= 0.6 is 11.6 Å². The molecular weight excluding hydrogens is 660 g/mol. The molecule has 1 aliphatic rings. The molecule has 1 saturated heterocycles. The Morgan fingerprint density at radius 3 is 2.62 bits per heavy atom. The highest BCUT2D eigenvalue weighted by Crippen LogP contribution is 2.34. The molecule has 1 aliphatic heterocycles. The number of nitrogens with one attached hydrogen (secondary N) is 1. The van der Waals surface area contributed by atoms with Crippen molar-refractivity contribution in [1.29, 1.82) is 0 Å². The van der Waals surface area contributed by atoms with E-state index in [4.69, 9.17) is 17.3 Å². The third kappa shape index (κ3) is 7.23. The van der Waals surface area contributed by atoms with Gasteiger partial charge in [0.2, 0.25) is 5.91 Å². The number of hydrogen-bond acceptors (Lipinski definition) is 8. The van der Waals surface area contributed by atoms with E-state index in [0.717, 1.165) is 12.1 Å². The Morgan fingerprint density at radius 2 is 1.96 bits per heavy atom. The van der Waals surface area contributed by atoms with Crippen LogP contribution in [-0.2, 0) is 18.4 Å². The monoisotopic (exact) mass is 692 g/mol. The van der Waals surface area contributed by atoms with Gasteiger partial charge in [-0.1, -0.05) is 18.5 Å². The number of alkyl halides is 3. The van der Waals surface area contributed by atoms with Gasteiger partial charge in [-0.3, -0.25) is 19.3 Å². The van der Waals surface area contributed by atoms with E-state index in [1.54, 1.807) is 0 Å². The first-order valence-electron chi connectivity index (χ1n) is 14.9. The smallest absolute Gasteiger partial charge is 0.401 e. The maximum Gasteiger partial charge on any atom is 0.401 e. The molecule has 17 heteroatoms. The van der Waals surface area contributed by atoms with Crippen LogP contribution in [0.4, 0.5) is 29.1 Å². The van der Waals surface area contributed by atoms with Gasteiger partial charge in [0.15, 0.2) is 11.6 Å². The number of nitrogens with zero attached hydrogens (tertiary/aromatic N) is 6. The summed E-state index contributed by atoms with van der Waals surface area (Å²) in [4.78, 5) is 50.3. The number of likely N-dealkylation sites (tertiary alicyclic amines) is 1. The van der Waals surface area contributed by atoms with Crippen LogP contribution in [0.3, 0.4) is 0 Å². The van der Waals surface area contributed by atoms with Crippen molar-refractivity contribution in [3.05, 3.63) is 63.7 Å². The van der Waals surface area contributed by atoms with Crippen LogP contribution in [0.5, 0.6) is 5.75 Å². The molecule has 12 nitrogen and oxygen atoms in total. The lowest BCUT2D eigenvalue weighted by atomic mass is 10.0. The van der Waals surface area contributed by atoms with Crippen molar-refractivity contribution in [2.75, 3.05) is 36.4 Å². The Hall–Kier alpha value is -4.70. The molecule has 0 aliphatic carbocycles. The molecule has 1 fully saturated rings. The largest absolute Gasteiger partial charge is 0.504 e. The van der Waals surface area contributed by atoms with Crippen LogP contribution in [0.15, 0.2) is 41.7 Å². The molecule has 4 aromatic rings. The summed E-state index contributed by atoms with van der Waals surface area (Å²) < 4.78 is 56.8. The number of aryl methyl sites for hydroxylation is 1.